The molecule has 0 amide bonds. The normalized spacial score (nSPS) is 43.0. The zero-order valence-corrected chi connectivity index (χ0v) is 14.3. The second-order valence-corrected chi connectivity index (χ2v) is 7.56. The Kier molecular flexibility index (Phi) is 4.32. The number of carbonyl (C=O) groups is 1. The van der Waals surface area contributed by atoms with Gasteiger partial charge in [-0.05, 0) is 44.9 Å². The Labute approximate surface area is 138 Å². The van der Waals surface area contributed by atoms with E-state index in [2.05, 4.69) is 20.4 Å². The van der Waals surface area contributed by atoms with E-state index >= 15 is 0 Å². The first-order chi connectivity index (χ1) is 10.8. The number of hydrogen-bond donors (Lipinski definition) is 1. The van der Waals surface area contributed by atoms with E-state index in [1.807, 2.05) is 0 Å². The summed E-state index contributed by atoms with van der Waals surface area (Å²) >= 11 is 0. The van der Waals surface area contributed by atoms with E-state index < -0.39 is 12.3 Å². The number of carbonyl (C=O) groups excluding carboxylic acids is 1. The summed E-state index contributed by atoms with van der Waals surface area (Å²) < 4.78 is 17.0. The van der Waals surface area contributed by atoms with Crippen molar-refractivity contribution < 1.29 is 24.1 Å². The molecule has 3 fully saturated rings. The molecule has 6 atom stereocenters. The van der Waals surface area contributed by atoms with Gasteiger partial charge in [-0.15, -0.1) is 0 Å². The summed E-state index contributed by atoms with van der Waals surface area (Å²) in [6, 6.07) is 0. The van der Waals surface area contributed by atoms with Gasteiger partial charge in [0.2, 0.25) is 0 Å². The van der Waals surface area contributed by atoms with Crippen molar-refractivity contribution in [1.82, 2.24) is 0 Å². The highest BCUT2D eigenvalue weighted by Crippen LogP contribution is 2.67. The smallest absolute Gasteiger partial charge is 0.336 e. The van der Waals surface area contributed by atoms with Crippen molar-refractivity contribution in [2.45, 2.75) is 77.0 Å². The molecule has 0 radical (unpaired) electrons. The molecule has 0 bridgehead atoms. The Hall–Kier alpha value is -0.910. The number of hydrogen-bond acceptors (Lipinski definition) is 5. The molecule has 1 spiro atoms. The highest BCUT2D eigenvalue weighted by Gasteiger charge is 2.73. The standard InChI is InChI=1S/C18H28O5/c1-11(10-21-13(3)19)16(20)22-14-6-5-9-18-15(23-18)8-7-12(2)17(14,18)4/h12-15,19H,1,5-10H2,2-4H3/t12-,13+,14+,15+,17-,18+/m0/s1. The molecule has 1 saturated heterocycles. The fraction of sp³-hybridized carbons (Fsp3) is 0.833. The van der Waals surface area contributed by atoms with Gasteiger partial charge in [0.15, 0.2) is 6.29 Å². The van der Waals surface area contributed by atoms with Crippen LogP contribution < -0.4 is 0 Å². The fourth-order valence-corrected chi connectivity index (χ4v) is 4.71. The molecule has 3 aliphatic rings. The third kappa shape index (κ3) is 2.63. The lowest BCUT2D eigenvalue weighted by Gasteiger charge is -2.51. The van der Waals surface area contributed by atoms with Crippen LogP contribution >= 0.6 is 0 Å². The summed E-state index contributed by atoms with van der Waals surface area (Å²) in [6.07, 6.45) is 4.46. The zero-order chi connectivity index (χ0) is 16.8. The molecule has 130 valence electrons. The molecule has 2 saturated carbocycles. The van der Waals surface area contributed by atoms with Crippen LogP contribution in [0.25, 0.3) is 0 Å². The molecule has 23 heavy (non-hydrogen) atoms. The van der Waals surface area contributed by atoms with Gasteiger partial charge in [0.1, 0.15) is 11.7 Å². The quantitative estimate of drug-likeness (QED) is 0.364. The summed E-state index contributed by atoms with van der Waals surface area (Å²) in [7, 11) is 0. The Balaban J connectivity index is 1.69. The van der Waals surface area contributed by atoms with Crippen molar-refractivity contribution in [3.63, 3.8) is 0 Å². The maximum atomic E-state index is 12.3. The first kappa shape index (κ1) is 16.9. The van der Waals surface area contributed by atoms with Gasteiger partial charge < -0.3 is 19.3 Å². The van der Waals surface area contributed by atoms with Gasteiger partial charge in [-0.25, -0.2) is 4.79 Å². The third-order valence-electron chi connectivity index (χ3n) is 6.33. The maximum Gasteiger partial charge on any atom is 0.336 e. The summed E-state index contributed by atoms with van der Waals surface area (Å²) in [5.74, 6) is 0.0326. The predicted molar refractivity (Wildman–Crippen MR) is 84.6 cm³/mol. The number of aliphatic hydroxyl groups excluding tert-OH is 1. The van der Waals surface area contributed by atoms with Crippen molar-refractivity contribution in [2.75, 3.05) is 6.61 Å². The second-order valence-electron chi connectivity index (χ2n) is 7.56. The van der Waals surface area contributed by atoms with Crippen molar-refractivity contribution >= 4 is 5.97 Å². The molecule has 3 rings (SSSR count). The lowest BCUT2D eigenvalue weighted by molar-refractivity contribution is -0.168. The van der Waals surface area contributed by atoms with Gasteiger partial charge >= 0.3 is 5.97 Å². The van der Waals surface area contributed by atoms with E-state index in [0.717, 1.165) is 32.1 Å². The Morgan fingerprint density at radius 3 is 2.87 bits per heavy atom. The SMILES string of the molecule is C=C(CO[C@H](C)O)C(=O)O[C@@H]1CCC[C@@]23O[C@@H]2CC[C@H](C)[C@@]13C. The van der Waals surface area contributed by atoms with E-state index in [1.165, 1.54) is 6.92 Å². The van der Waals surface area contributed by atoms with Gasteiger partial charge in [0.05, 0.1) is 18.3 Å². The van der Waals surface area contributed by atoms with E-state index in [4.69, 9.17) is 19.3 Å². The van der Waals surface area contributed by atoms with Crippen molar-refractivity contribution in [3.8, 4) is 0 Å². The maximum absolute atomic E-state index is 12.3. The van der Waals surface area contributed by atoms with Gasteiger partial charge in [0.25, 0.3) is 0 Å². The molecule has 2 aliphatic carbocycles. The highest BCUT2D eigenvalue weighted by atomic mass is 16.6. The Morgan fingerprint density at radius 1 is 1.43 bits per heavy atom. The van der Waals surface area contributed by atoms with E-state index in [1.54, 1.807) is 0 Å². The van der Waals surface area contributed by atoms with Gasteiger partial charge in [-0.2, -0.15) is 0 Å². The van der Waals surface area contributed by atoms with Crippen LogP contribution in [0.15, 0.2) is 12.2 Å². The molecule has 0 aromatic heterocycles. The van der Waals surface area contributed by atoms with Crippen LogP contribution in [0.2, 0.25) is 0 Å². The monoisotopic (exact) mass is 324 g/mol. The molecule has 1 aliphatic heterocycles. The summed E-state index contributed by atoms with van der Waals surface area (Å²) in [5, 5.41) is 9.14. The highest BCUT2D eigenvalue weighted by molar-refractivity contribution is 5.88. The van der Waals surface area contributed by atoms with E-state index in [-0.39, 0.29) is 29.3 Å². The lowest BCUT2D eigenvalue weighted by Crippen LogP contribution is -2.57. The summed E-state index contributed by atoms with van der Waals surface area (Å²) in [5.41, 5.74) is 0.0198. The average molecular weight is 324 g/mol. The minimum Gasteiger partial charge on any atom is -0.458 e. The molecular weight excluding hydrogens is 296 g/mol. The number of aliphatic hydroxyl groups is 1. The molecule has 1 heterocycles. The molecule has 5 heteroatoms. The minimum absolute atomic E-state index is 0.0141. The van der Waals surface area contributed by atoms with Crippen LogP contribution in [-0.2, 0) is 19.0 Å². The van der Waals surface area contributed by atoms with Gasteiger partial charge in [0, 0.05) is 5.41 Å². The van der Waals surface area contributed by atoms with Crippen LogP contribution in [-0.4, -0.2) is 41.8 Å². The number of epoxide rings is 1. The van der Waals surface area contributed by atoms with Crippen LogP contribution in [0.4, 0.5) is 0 Å². The molecule has 0 aromatic rings. The largest absolute Gasteiger partial charge is 0.458 e. The van der Waals surface area contributed by atoms with Crippen molar-refractivity contribution in [2.24, 2.45) is 11.3 Å². The molecule has 0 aromatic carbocycles. The molecular formula is C18H28O5. The zero-order valence-electron chi connectivity index (χ0n) is 14.3. The number of esters is 1. The summed E-state index contributed by atoms with van der Waals surface area (Å²) in [6.45, 7) is 9.68. The van der Waals surface area contributed by atoms with E-state index in [9.17, 15) is 4.79 Å². The predicted octanol–water partition coefficient (Wildman–Crippen LogP) is 2.57. The fourth-order valence-electron chi connectivity index (χ4n) is 4.71. The van der Waals surface area contributed by atoms with Gasteiger partial charge in [-0.1, -0.05) is 20.4 Å². The molecule has 5 nitrogen and oxygen atoms in total. The van der Waals surface area contributed by atoms with Crippen LogP contribution in [0.5, 0.6) is 0 Å². The first-order valence-electron chi connectivity index (χ1n) is 8.67. The summed E-state index contributed by atoms with van der Waals surface area (Å²) in [4.78, 5) is 12.3. The third-order valence-corrected chi connectivity index (χ3v) is 6.33. The van der Waals surface area contributed by atoms with Crippen molar-refractivity contribution in [3.05, 3.63) is 12.2 Å². The molecule has 1 N–H and O–H groups in total. The average Bonchev–Trinajstić information content (AvgIpc) is 3.22. The van der Waals surface area contributed by atoms with Crippen LogP contribution in [0.1, 0.15) is 52.9 Å². The number of rotatable bonds is 5. The number of ether oxygens (including phenoxy) is 3. The molecule has 0 unspecified atom stereocenters. The van der Waals surface area contributed by atoms with Crippen LogP contribution in [0.3, 0.4) is 0 Å². The first-order valence-corrected chi connectivity index (χ1v) is 8.67. The minimum atomic E-state index is -0.922. The van der Waals surface area contributed by atoms with E-state index in [0.29, 0.717) is 12.0 Å². The Morgan fingerprint density at radius 2 is 2.17 bits per heavy atom. The lowest BCUT2D eigenvalue weighted by atomic mass is 9.54. The van der Waals surface area contributed by atoms with Crippen LogP contribution in [0, 0.1) is 11.3 Å². The van der Waals surface area contributed by atoms with Gasteiger partial charge in [-0.3, -0.25) is 0 Å². The second kappa shape index (κ2) is 5.87. The van der Waals surface area contributed by atoms with Crippen molar-refractivity contribution in [1.29, 1.82) is 0 Å². The topological polar surface area (TPSA) is 68.3 Å². The Bertz CT molecular complexity index is 502.